The number of hydrogen-bond donors (Lipinski definition) is 1. The molecule has 1 N–H and O–H groups in total. The van der Waals surface area contributed by atoms with Crippen molar-refractivity contribution < 1.29 is 0 Å². The Morgan fingerprint density at radius 2 is 1.02 bits per heavy atom. The third-order valence-corrected chi connectivity index (χ3v) is 7.43. The first-order valence-corrected chi connectivity index (χ1v) is 13.3. The molecule has 0 amide bonds. The van der Waals surface area contributed by atoms with E-state index in [2.05, 4.69) is 131 Å². The molecule has 188 valence electrons. The van der Waals surface area contributed by atoms with Gasteiger partial charge in [-0.1, -0.05) is 78.9 Å². The van der Waals surface area contributed by atoms with Crippen molar-refractivity contribution in [1.29, 1.82) is 5.26 Å². The average molecular weight is 512 g/mol. The van der Waals surface area contributed by atoms with Crippen LogP contribution in [0.1, 0.15) is 5.56 Å². The van der Waals surface area contributed by atoms with E-state index in [0.29, 0.717) is 5.56 Å². The molecule has 0 bridgehead atoms. The molecular formula is C37H25N3. The second-order valence-electron chi connectivity index (χ2n) is 9.89. The molecule has 0 saturated carbocycles. The van der Waals surface area contributed by atoms with E-state index in [0.717, 1.165) is 28.1 Å². The van der Waals surface area contributed by atoms with E-state index >= 15 is 0 Å². The second-order valence-corrected chi connectivity index (χ2v) is 9.89. The number of rotatable bonds is 5. The predicted molar refractivity (Wildman–Crippen MR) is 166 cm³/mol. The molecule has 0 spiro atoms. The number of nitriles is 1. The van der Waals surface area contributed by atoms with Crippen molar-refractivity contribution >= 4 is 33.2 Å². The van der Waals surface area contributed by atoms with Gasteiger partial charge in [0.1, 0.15) is 0 Å². The zero-order chi connectivity index (χ0) is 26.9. The van der Waals surface area contributed by atoms with Crippen LogP contribution < -0.4 is 5.32 Å². The molecule has 0 radical (unpaired) electrons. The monoisotopic (exact) mass is 511 g/mol. The molecule has 0 aliphatic carbocycles. The van der Waals surface area contributed by atoms with Crippen molar-refractivity contribution in [3.8, 4) is 34.0 Å². The fourth-order valence-corrected chi connectivity index (χ4v) is 5.40. The quantitative estimate of drug-likeness (QED) is 0.250. The Morgan fingerprint density at radius 3 is 1.70 bits per heavy atom. The first kappa shape index (κ1) is 23.5. The van der Waals surface area contributed by atoms with Crippen molar-refractivity contribution in [3.63, 3.8) is 0 Å². The fourth-order valence-electron chi connectivity index (χ4n) is 5.40. The summed E-state index contributed by atoms with van der Waals surface area (Å²) in [6, 6.07) is 52.7. The summed E-state index contributed by atoms with van der Waals surface area (Å²) in [6.45, 7) is 0. The van der Waals surface area contributed by atoms with Gasteiger partial charge in [0.05, 0.1) is 22.7 Å². The summed E-state index contributed by atoms with van der Waals surface area (Å²) >= 11 is 0. The van der Waals surface area contributed by atoms with E-state index in [-0.39, 0.29) is 0 Å². The maximum atomic E-state index is 9.22. The molecule has 3 nitrogen and oxygen atoms in total. The lowest BCUT2D eigenvalue weighted by atomic mass is 10.0. The summed E-state index contributed by atoms with van der Waals surface area (Å²) in [6.07, 6.45) is 0. The smallest absolute Gasteiger partial charge is 0.0991 e. The van der Waals surface area contributed by atoms with Crippen LogP contribution >= 0.6 is 0 Å². The molecule has 0 saturated heterocycles. The van der Waals surface area contributed by atoms with E-state index in [1.54, 1.807) is 0 Å². The predicted octanol–water partition coefficient (Wildman–Crippen LogP) is 9.73. The number of nitrogens with zero attached hydrogens (tertiary/aromatic N) is 2. The van der Waals surface area contributed by atoms with Gasteiger partial charge >= 0.3 is 0 Å². The number of anilines is 2. The molecule has 0 aliphatic rings. The Hall–Kier alpha value is -5.59. The molecular weight excluding hydrogens is 486 g/mol. The second kappa shape index (κ2) is 9.94. The van der Waals surface area contributed by atoms with Crippen LogP contribution in [0.2, 0.25) is 0 Å². The molecule has 0 atom stereocenters. The highest BCUT2D eigenvalue weighted by molar-refractivity contribution is 6.10. The third kappa shape index (κ3) is 4.28. The van der Waals surface area contributed by atoms with Crippen molar-refractivity contribution in [2.45, 2.75) is 0 Å². The standard InChI is InChI=1S/C37H25N3/c38-25-26-10-21-33(22-11-26)40-36-9-5-4-8-34(36)35-24-30(16-23-37(35)40)29-14-19-32(20-15-29)39-31-17-12-28(13-18-31)27-6-2-1-3-7-27/h1-24,39H. The number of aromatic nitrogens is 1. The van der Waals surface area contributed by atoms with Crippen LogP contribution in [0.25, 0.3) is 49.7 Å². The van der Waals surface area contributed by atoms with E-state index in [1.165, 1.54) is 33.0 Å². The fraction of sp³-hybridized carbons (Fsp3) is 0. The van der Waals surface area contributed by atoms with E-state index in [4.69, 9.17) is 0 Å². The van der Waals surface area contributed by atoms with Gasteiger partial charge in [-0.25, -0.2) is 0 Å². The molecule has 0 unspecified atom stereocenters. The Labute approximate surface area is 233 Å². The van der Waals surface area contributed by atoms with Gasteiger partial charge in [-0.2, -0.15) is 5.26 Å². The molecule has 1 heterocycles. The minimum Gasteiger partial charge on any atom is -0.356 e. The summed E-state index contributed by atoms with van der Waals surface area (Å²) < 4.78 is 2.27. The minimum absolute atomic E-state index is 0.661. The Bertz CT molecular complexity index is 1990. The van der Waals surface area contributed by atoms with Crippen molar-refractivity contribution in [2.75, 3.05) is 5.32 Å². The zero-order valence-corrected chi connectivity index (χ0v) is 21.8. The van der Waals surface area contributed by atoms with Crippen molar-refractivity contribution in [1.82, 2.24) is 4.57 Å². The molecule has 40 heavy (non-hydrogen) atoms. The van der Waals surface area contributed by atoms with E-state index in [9.17, 15) is 5.26 Å². The highest BCUT2D eigenvalue weighted by Crippen LogP contribution is 2.35. The largest absolute Gasteiger partial charge is 0.356 e. The van der Waals surface area contributed by atoms with Gasteiger partial charge in [-0.15, -0.1) is 0 Å². The molecule has 0 fully saturated rings. The number of para-hydroxylation sites is 1. The first-order chi connectivity index (χ1) is 19.8. The summed E-state index contributed by atoms with van der Waals surface area (Å²) in [7, 11) is 0. The van der Waals surface area contributed by atoms with Crippen LogP contribution in [0.3, 0.4) is 0 Å². The molecule has 3 heteroatoms. The number of benzene rings is 6. The summed E-state index contributed by atoms with van der Waals surface area (Å²) in [5.41, 5.74) is 10.9. The van der Waals surface area contributed by atoms with Gasteiger partial charge in [-0.3, -0.25) is 0 Å². The number of hydrogen-bond acceptors (Lipinski definition) is 2. The Kier molecular flexibility index (Phi) is 5.85. The van der Waals surface area contributed by atoms with Gasteiger partial charge < -0.3 is 9.88 Å². The van der Waals surface area contributed by atoms with E-state index < -0.39 is 0 Å². The zero-order valence-electron chi connectivity index (χ0n) is 21.8. The van der Waals surface area contributed by atoms with Crippen LogP contribution in [0.5, 0.6) is 0 Å². The molecule has 6 aromatic carbocycles. The molecule has 1 aromatic heterocycles. The van der Waals surface area contributed by atoms with Gasteiger partial charge in [0.2, 0.25) is 0 Å². The van der Waals surface area contributed by atoms with Crippen LogP contribution in [0.15, 0.2) is 146 Å². The van der Waals surface area contributed by atoms with Crippen LogP contribution in [0.4, 0.5) is 11.4 Å². The lowest BCUT2D eigenvalue weighted by Crippen LogP contribution is -1.93. The third-order valence-electron chi connectivity index (χ3n) is 7.43. The minimum atomic E-state index is 0.661. The topological polar surface area (TPSA) is 40.8 Å². The maximum Gasteiger partial charge on any atom is 0.0991 e. The van der Waals surface area contributed by atoms with Crippen molar-refractivity contribution in [2.24, 2.45) is 0 Å². The average Bonchev–Trinajstić information content (AvgIpc) is 3.36. The first-order valence-electron chi connectivity index (χ1n) is 13.3. The molecule has 7 rings (SSSR count). The summed E-state index contributed by atoms with van der Waals surface area (Å²) in [4.78, 5) is 0. The highest BCUT2D eigenvalue weighted by Gasteiger charge is 2.13. The van der Waals surface area contributed by atoms with E-state index in [1.807, 2.05) is 30.3 Å². The van der Waals surface area contributed by atoms with Crippen molar-refractivity contribution in [3.05, 3.63) is 151 Å². The Morgan fingerprint density at radius 1 is 0.475 bits per heavy atom. The van der Waals surface area contributed by atoms with Crippen LogP contribution in [-0.2, 0) is 0 Å². The van der Waals surface area contributed by atoms with Crippen LogP contribution in [0, 0.1) is 11.3 Å². The molecule has 7 aromatic rings. The summed E-state index contributed by atoms with van der Waals surface area (Å²) in [5, 5.41) is 15.2. The maximum absolute atomic E-state index is 9.22. The lowest BCUT2D eigenvalue weighted by Gasteiger charge is -2.10. The van der Waals surface area contributed by atoms with Gasteiger partial charge in [0.25, 0.3) is 0 Å². The van der Waals surface area contributed by atoms with Gasteiger partial charge in [-0.05, 0) is 89.0 Å². The normalized spacial score (nSPS) is 11.0. The number of fused-ring (bicyclic) bond motifs is 3. The Balaban J connectivity index is 1.18. The highest BCUT2D eigenvalue weighted by atomic mass is 15.0. The van der Waals surface area contributed by atoms with Crippen LogP contribution in [-0.4, -0.2) is 4.57 Å². The van der Waals surface area contributed by atoms with Gasteiger partial charge in [0, 0.05) is 27.8 Å². The number of nitrogens with one attached hydrogen (secondary N) is 1. The van der Waals surface area contributed by atoms with Gasteiger partial charge in [0.15, 0.2) is 0 Å². The SMILES string of the molecule is N#Cc1ccc(-n2c3ccccc3c3cc(-c4ccc(Nc5ccc(-c6ccccc6)cc5)cc4)ccc32)cc1. The summed E-state index contributed by atoms with van der Waals surface area (Å²) in [5.74, 6) is 0. The lowest BCUT2D eigenvalue weighted by molar-refractivity contribution is 1.18. The molecule has 0 aliphatic heterocycles.